The molecule has 3 rings (SSSR count). The third-order valence-electron chi connectivity index (χ3n) is 4.39. The predicted octanol–water partition coefficient (Wildman–Crippen LogP) is 3.84. The number of ether oxygens (including phenoxy) is 1. The highest BCUT2D eigenvalue weighted by Gasteiger charge is 2.11. The number of nitrogens with one attached hydrogen (secondary N) is 3. The summed E-state index contributed by atoms with van der Waals surface area (Å²) >= 11 is 0. The molecule has 8 nitrogen and oxygen atoms in total. The van der Waals surface area contributed by atoms with Crippen molar-refractivity contribution in [3.63, 3.8) is 0 Å². The Hall–Kier alpha value is -3.04. The van der Waals surface area contributed by atoms with Crippen molar-refractivity contribution in [3.8, 4) is 11.1 Å². The van der Waals surface area contributed by atoms with Gasteiger partial charge in [-0.1, -0.05) is 19.6 Å². The van der Waals surface area contributed by atoms with Gasteiger partial charge in [-0.2, -0.15) is 5.10 Å². The van der Waals surface area contributed by atoms with E-state index < -0.39 is 8.07 Å². The lowest BCUT2D eigenvalue weighted by atomic mass is 10.1. The molecule has 0 unspecified atom stereocenters. The zero-order chi connectivity index (χ0) is 21.6. The molecule has 158 valence electrons. The molecule has 0 aliphatic rings. The molecule has 3 aromatic rings. The smallest absolute Gasteiger partial charge is 0.132 e. The summed E-state index contributed by atoms with van der Waals surface area (Å²) < 4.78 is 7.32. The Balaban J connectivity index is 1.54. The van der Waals surface area contributed by atoms with Gasteiger partial charge in [0.2, 0.25) is 0 Å². The number of amidine groups is 1. The van der Waals surface area contributed by atoms with Crippen molar-refractivity contribution in [3.05, 3.63) is 49.1 Å². The molecule has 3 aromatic heterocycles. The van der Waals surface area contributed by atoms with Crippen molar-refractivity contribution < 1.29 is 4.74 Å². The van der Waals surface area contributed by atoms with Crippen LogP contribution in [0.1, 0.15) is 0 Å². The Morgan fingerprint density at radius 1 is 1.20 bits per heavy atom. The van der Waals surface area contributed by atoms with Gasteiger partial charge < -0.3 is 15.4 Å². The summed E-state index contributed by atoms with van der Waals surface area (Å²) in [5.41, 5.74) is 3.49. The second-order valence-electron chi connectivity index (χ2n) is 8.30. The molecule has 0 aliphatic heterocycles. The quantitative estimate of drug-likeness (QED) is 0.159. The first-order chi connectivity index (χ1) is 14.3. The molecule has 0 aromatic carbocycles. The van der Waals surface area contributed by atoms with E-state index in [1.54, 1.807) is 23.2 Å². The lowest BCUT2D eigenvalue weighted by molar-refractivity contribution is 0.137. The van der Waals surface area contributed by atoms with E-state index in [1.807, 2.05) is 37.6 Å². The number of aryl methyl sites for hydroxylation is 1. The Kier molecular flexibility index (Phi) is 6.96. The molecule has 0 amide bonds. The van der Waals surface area contributed by atoms with Gasteiger partial charge >= 0.3 is 0 Å². The first-order valence-corrected chi connectivity index (χ1v) is 13.6. The van der Waals surface area contributed by atoms with Crippen molar-refractivity contribution >= 4 is 30.8 Å². The third kappa shape index (κ3) is 6.50. The van der Waals surface area contributed by atoms with Gasteiger partial charge in [0.05, 0.1) is 17.2 Å². The van der Waals surface area contributed by atoms with Crippen LogP contribution in [0.5, 0.6) is 0 Å². The van der Waals surface area contributed by atoms with E-state index in [4.69, 9.17) is 10.1 Å². The molecule has 9 heteroatoms. The average molecular weight is 424 g/mol. The van der Waals surface area contributed by atoms with E-state index in [0.29, 0.717) is 12.5 Å². The number of anilines is 1. The van der Waals surface area contributed by atoms with Gasteiger partial charge in [-0.25, -0.2) is 4.98 Å². The fourth-order valence-electron chi connectivity index (χ4n) is 2.68. The minimum atomic E-state index is -1.06. The van der Waals surface area contributed by atoms with Crippen LogP contribution < -0.4 is 10.6 Å². The Morgan fingerprint density at radius 2 is 2.03 bits per heavy atom. The van der Waals surface area contributed by atoms with E-state index in [9.17, 15) is 0 Å². The minimum Gasteiger partial charge on any atom is -0.369 e. The standard InChI is InChI=1S/C21H29N7OSi/c1-28-14-17(13-25-28)16-11-19-18(24-12-16)5-6-21(26-19)27-20(22)7-8-23-15-29-9-10-30(2,3)4/h5-8,11-14,23H,9-10,15H2,1-4H3,(H2,22,26,27)/b8-7-. The van der Waals surface area contributed by atoms with Crippen LogP contribution in [0, 0.1) is 5.41 Å². The molecule has 30 heavy (non-hydrogen) atoms. The number of hydrogen-bond acceptors (Lipinski definition) is 6. The van der Waals surface area contributed by atoms with Crippen LogP contribution in [0.25, 0.3) is 22.2 Å². The van der Waals surface area contributed by atoms with Gasteiger partial charge in [-0.15, -0.1) is 0 Å². The van der Waals surface area contributed by atoms with Crippen LogP contribution in [0.2, 0.25) is 25.7 Å². The van der Waals surface area contributed by atoms with Gasteiger partial charge in [0.15, 0.2) is 0 Å². The fraction of sp³-hybridized carbons (Fsp3) is 0.333. The summed E-state index contributed by atoms with van der Waals surface area (Å²) in [6, 6.07) is 6.82. The normalized spacial score (nSPS) is 11.9. The topological polar surface area (TPSA) is 101 Å². The highest BCUT2D eigenvalue weighted by atomic mass is 28.3. The van der Waals surface area contributed by atoms with Gasteiger partial charge in [0.25, 0.3) is 0 Å². The molecule has 0 atom stereocenters. The molecular formula is C21H29N7OSi. The molecule has 3 heterocycles. The lowest BCUT2D eigenvalue weighted by Gasteiger charge is -2.15. The van der Waals surface area contributed by atoms with E-state index >= 15 is 0 Å². The second kappa shape index (κ2) is 9.64. The summed E-state index contributed by atoms with van der Waals surface area (Å²) in [5.74, 6) is 0.821. The molecule has 0 bridgehead atoms. The van der Waals surface area contributed by atoms with E-state index in [-0.39, 0.29) is 5.84 Å². The molecule has 0 fully saturated rings. The highest BCUT2D eigenvalue weighted by Crippen LogP contribution is 2.22. The Labute approximate surface area is 177 Å². The molecule has 0 saturated heterocycles. The largest absolute Gasteiger partial charge is 0.369 e. The van der Waals surface area contributed by atoms with Crippen LogP contribution in [-0.4, -0.2) is 47.0 Å². The van der Waals surface area contributed by atoms with Crippen LogP contribution in [-0.2, 0) is 11.8 Å². The highest BCUT2D eigenvalue weighted by molar-refractivity contribution is 6.76. The van der Waals surface area contributed by atoms with Gasteiger partial charge in [0.1, 0.15) is 18.4 Å². The maximum atomic E-state index is 8.07. The van der Waals surface area contributed by atoms with Gasteiger partial charge in [-0.3, -0.25) is 15.1 Å². The molecule has 0 aliphatic carbocycles. The minimum absolute atomic E-state index is 0.229. The van der Waals surface area contributed by atoms with Gasteiger partial charge in [0, 0.05) is 51.4 Å². The molecule has 0 saturated carbocycles. The Bertz CT molecular complexity index is 1040. The first-order valence-electron chi connectivity index (χ1n) is 9.89. The first kappa shape index (κ1) is 21.7. The maximum Gasteiger partial charge on any atom is 0.132 e. The van der Waals surface area contributed by atoms with Crippen LogP contribution in [0.3, 0.4) is 0 Å². The molecular weight excluding hydrogens is 394 g/mol. The van der Waals surface area contributed by atoms with Crippen LogP contribution in [0.4, 0.5) is 5.82 Å². The second-order valence-corrected chi connectivity index (χ2v) is 13.9. The van der Waals surface area contributed by atoms with E-state index in [0.717, 1.165) is 34.8 Å². The molecule has 0 radical (unpaired) electrons. The van der Waals surface area contributed by atoms with Gasteiger partial charge in [-0.05, 0) is 30.3 Å². The zero-order valence-electron chi connectivity index (χ0n) is 17.9. The van der Waals surface area contributed by atoms with Crippen LogP contribution >= 0.6 is 0 Å². The number of nitrogens with zero attached hydrogens (tertiary/aromatic N) is 4. The van der Waals surface area contributed by atoms with Crippen molar-refractivity contribution in [2.24, 2.45) is 7.05 Å². The number of pyridine rings is 2. The number of hydrogen-bond donors (Lipinski definition) is 3. The third-order valence-corrected chi connectivity index (χ3v) is 6.09. The lowest BCUT2D eigenvalue weighted by Crippen LogP contribution is -2.23. The number of rotatable bonds is 9. The summed E-state index contributed by atoms with van der Waals surface area (Å²) in [6.07, 6.45) is 8.89. The number of aromatic nitrogens is 4. The zero-order valence-corrected chi connectivity index (χ0v) is 18.9. The average Bonchev–Trinajstić information content (AvgIpc) is 3.12. The molecule has 3 N–H and O–H groups in total. The van der Waals surface area contributed by atoms with Crippen molar-refractivity contribution in [2.45, 2.75) is 25.7 Å². The number of fused-ring (bicyclic) bond motifs is 1. The molecule has 0 spiro atoms. The summed E-state index contributed by atoms with van der Waals surface area (Å²) in [7, 11) is 0.822. The monoisotopic (exact) mass is 423 g/mol. The Morgan fingerprint density at radius 3 is 2.77 bits per heavy atom. The summed E-state index contributed by atoms with van der Waals surface area (Å²) in [4.78, 5) is 9.05. The summed E-state index contributed by atoms with van der Waals surface area (Å²) in [5, 5.41) is 18.3. The fourth-order valence-corrected chi connectivity index (χ4v) is 3.44. The van der Waals surface area contributed by atoms with E-state index in [2.05, 4.69) is 45.3 Å². The van der Waals surface area contributed by atoms with Crippen LogP contribution in [0.15, 0.2) is 49.1 Å². The predicted molar refractivity (Wildman–Crippen MR) is 124 cm³/mol. The van der Waals surface area contributed by atoms with Crippen molar-refractivity contribution in [1.29, 1.82) is 5.41 Å². The maximum absolute atomic E-state index is 8.07. The SMILES string of the molecule is Cn1cc(-c2cnc3ccc(NC(=N)/C=C\NCOCC[Si](C)(C)C)nc3c2)cn1. The van der Waals surface area contributed by atoms with Crippen molar-refractivity contribution in [1.82, 2.24) is 25.1 Å². The summed E-state index contributed by atoms with van der Waals surface area (Å²) in [6.45, 7) is 8.18. The van der Waals surface area contributed by atoms with E-state index in [1.165, 1.54) is 0 Å². The van der Waals surface area contributed by atoms with Crippen molar-refractivity contribution in [2.75, 3.05) is 18.7 Å².